The molecule has 0 aliphatic carbocycles. The number of aromatic nitrogens is 1. The first-order valence-corrected chi connectivity index (χ1v) is 9.95. The highest BCUT2D eigenvalue weighted by atomic mass is 16.3. The van der Waals surface area contributed by atoms with Crippen molar-refractivity contribution >= 4 is 34.7 Å². The van der Waals surface area contributed by atoms with Gasteiger partial charge >= 0.3 is 0 Å². The Morgan fingerprint density at radius 2 is 2.10 bits per heavy atom. The van der Waals surface area contributed by atoms with Gasteiger partial charge in [-0.3, -0.25) is 9.59 Å². The lowest BCUT2D eigenvalue weighted by molar-refractivity contribution is -0.125. The van der Waals surface area contributed by atoms with Gasteiger partial charge in [-0.05, 0) is 42.7 Å². The Kier molecular flexibility index (Phi) is 4.94. The van der Waals surface area contributed by atoms with Crippen molar-refractivity contribution in [2.45, 2.75) is 33.7 Å². The molecule has 1 N–H and O–H groups in total. The first-order valence-electron chi connectivity index (χ1n) is 9.95. The third kappa shape index (κ3) is 3.73. The third-order valence-electron chi connectivity index (χ3n) is 5.58. The van der Waals surface area contributed by atoms with Crippen LogP contribution in [0.4, 0.5) is 5.82 Å². The van der Waals surface area contributed by atoms with Crippen LogP contribution in [-0.4, -0.2) is 28.7 Å². The first kappa shape index (κ1) is 19.9. The van der Waals surface area contributed by atoms with E-state index < -0.39 is 5.41 Å². The Labute approximate surface area is 175 Å². The van der Waals surface area contributed by atoms with Gasteiger partial charge in [0.25, 0.3) is 0 Å². The molecule has 0 bridgehead atoms. The average molecular weight is 403 g/mol. The molecule has 30 heavy (non-hydrogen) atoms. The van der Waals surface area contributed by atoms with E-state index in [1.165, 1.54) is 6.08 Å². The monoisotopic (exact) mass is 403 g/mol. The minimum atomic E-state index is -0.475. The lowest BCUT2D eigenvalue weighted by Crippen LogP contribution is -2.37. The lowest BCUT2D eigenvalue weighted by Gasteiger charge is -2.29. The van der Waals surface area contributed by atoms with Crippen LogP contribution in [-0.2, 0) is 22.6 Å². The lowest BCUT2D eigenvalue weighted by atomic mass is 9.82. The third-order valence-corrected chi connectivity index (χ3v) is 5.58. The fourth-order valence-electron chi connectivity index (χ4n) is 3.66. The number of carbonyl (C=O) groups excluding carboxylic acids is 2. The number of para-hydroxylation sites is 1. The molecule has 6 heteroatoms. The van der Waals surface area contributed by atoms with E-state index in [2.05, 4.69) is 10.3 Å². The number of rotatable bonds is 4. The number of pyridine rings is 1. The van der Waals surface area contributed by atoms with Gasteiger partial charge < -0.3 is 14.6 Å². The Balaban J connectivity index is 1.47. The first-order chi connectivity index (χ1) is 14.2. The summed E-state index contributed by atoms with van der Waals surface area (Å²) >= 11 is 0. The van der Waals surface area contributed by atoms with E-state index in [-0.39, 0.29) is 11.8 Å². The minimum absolute atomic E-state index is 0.0246. The summed E-state index contributed by atoms with van der Waals surface area (Å²) in [6.45, 7) is 6.22. The molecule has 0 saturated carbocycles. The van der Waals surface area contributed by atoms with Gasteiger partial charge in [0, 0.05) is 35.7 Å². The largest absolute Gasteiger partial charge is 0.459 e. The molecule has 0 atom stereocenters. The van der Waals surface area contributed by atoms with Crippen molar-refractivity contribution in [2.75, 3.05) is 12.4 Å². The van der Waals surface area contributed by atoms with Crippen LogP contribution in [0.2, 0.25) is 0 Å². The summed E-state index contributed by atoms with van der Waals surface area (Å²) in [5, 5.41) is 3.91. The van der Waals surface area contributed by atoms with Crippen LogP contribution in [0, 0.1) is 12.3 Å². The Hall–Kier alpha value is -3.41. The maximum atomic E-state index is 12.6. The Morgan fingerprint density at radius 1 is 1.33 bits per heavy atom. The maximum Gasteiger partial charge on any atom is 0.246 e. The van der Waals surface area contributed by atoms with Crippen molar-refractivity contribution < 1.29 is 14.0 Å². The predicted octanol–water partition coefficient (Wildman–Crippen LogP) is 4.33. The standard InChI is InChI=1S/C24H25N3O3/c1-15-18-7-5-6-8-19(18)30-20(15)14-27(4)21(28)10-9-16-11-17-12-24(2,3)23(29)26-22(17)25-13-16/h5-11,13H,12,14H2,1-4H3,(H,25,26,29)/b10-9+. The SMILES string of the molecule is Cc1c(CN(C)C(=O)/C=C/c2cnc3c(c2)CC(C)(C)C(=O)N3)oc2ccccc12. The van der Waals surface area contributed by atoms with Gasteiger partial charge in [-0.2, -0.15) is 0 Å². The summed E-state index contributed by atoms with van der Waals surface area (Å²) in [6, 6.07) is 9.83. The highest BCUT2D eigenvalue weighted by Gasteiger charge is 2.34. The molecule has 154 valence electrons. The molecule has 3 heterocycles. The number of fused-ring (bicyclic) bond motifs is 2. The zero-order valence-electron chi connectivity index (χ0n) is 17.7. The highest BCUT2D eigenvalue weighted by molar-refractivity contribution is 5.97. The van der Waals surface area contributed by atoms with Crippen LogP contribution in [0.25, 0.3) is 17.0 Å². The number of likely N-dealkylation sites (N-methyl/N-ethyl adjacent to an activating group) is 1. The number of anilines is 1. The zero-order valence-corrected chi connectivity index (χ0v) is 17.7. The molecule has 2 aromatic heterocycles. The normalized spacial score (nSPS) is 15.3. The van der Waals surface area contributed by atoms with Crippen molar-refractivity contribution in [1.29, 1.82) is 0 Å². The number of benzene rings is 1. The molecule has 0 radical (unpaired) electrons. The van der Waals surface area contributed by atoms with Crippen LogP contribution < -0.4 is 5.32 Å². The Bertz CT molecular complexity index is 1170. The summed E-state index contributed by atoms with van der Waals surface area (Å²) in [5.41, 5.74) is 3.20. The second-order valence-electron chi connectivity index (χ2n) is 8.47. The van der Waals surface area contributed by atoms with E-state index in [1.807, 2.05) is 51.1 Å². The summed E-state index contributed by atoms with van der Waals surface area (Å²) in [5.74, 6) is 1.24. The van der Waals surface area contributed by atoms with E-state index in [1.54, 1.807) is 24.2 Å². The molecule has 4 rings (SSSR count). The molecule has 3 aromatic rings. The molecule has 0 fully saturated rings. The number of hydrogen-bond acceptors (Lipinski definition) is 4. The van der Waals surface area contributed by atoms with E-state index in [4.69, 9.17) is 4.42 Å². The number of nitrogens with one attached hydrogen (secondary N) is 1. The van der Waals surface area contributed by atoms with Gasteiger partial charge in [0.05, 0.1) is 6.54 Å². The molecular formula is C24H25N3O3. The fourth-order valence-corrected chi connectivity index (χ4v) is 3.66. The number of aryl methyl sites for hydroxylation is 1. The number of furan rings is 1. The number of amides is 2. The van der Waals surface area contributed by atoms with Crippen LogP contribution in [0.15, 0.2) is 47.0 Å². The number of hydrogen-bond donors (Lipinski definition) is 1. The molecule has 6 nitrogen and oxygen atoms in total. The van der Waals surface area contributed by atoms with E-state index in [0.29, 0.717) is 18.8 Å². The summed E-state index contributed by atoms with van der Waals surface area (Å²) < 4.78 is 5.91. The van der Waals surface area contributed by atoms with Gasteiger partial charge in [0.15, 0.2) is 0 Å². The molecule has 0 spiro atoms. The summed E-state index contributed by atoms with van der Waals surface area (Å²) in [6.07, 6.45) is 5.56. The second-order valence-corrected chi connectivity index (χ2v) is 8.47. The van der Waals surface area contributed by atoms with E-state index in [0.717, 1.165) is 33.4 Å². The second kappa shape index (κ2) is 7.44. The van der Waals surface area contributed by atoms with Crippen molar-refractivity contribution in [3.8, 4) is 0 Å². The van der Waals surface area contributed by atoms with Gasteiger partial charge in [0.2, 0.25) is 11.8 Å². The highest BCUT2D eigenvalue weighted by Crippen LogP contribution is 2.32. The fraction of sp³-hybridized carbons (Fsp3) is 0.292. The number of carbonyl (C=O) groups is 2. The van der Waals surface area contributed by atoms with Crippen molar-refractivity contribution in [3.05, 3.63) is 65.1 Å². The average Bonchev–Trinajstić information content (AvgIpc) is 3.02. The molecule has 0 unspecified atom stereocenters. The van der Waals surface area contributed by atoms with Crippen LogP contribution in [0.5, 0.6) is 0 Å². The van der Waals surface area contributed by atoms with Crippen LogP contribution in [0.1, 0.15) is 36.3 Å². The Morgan fingerprint density at radius 3 is 2.87 bits per heavy atom. The van der Waals surface area contributed by atoms with Crippen molar-refractivity contribution in [2.24, 2.45) is 5.41 Å². The molecular weight excluding hydrogens is 378 g/mol. The van der Waals surface area contributed by atoms with Gasteiger partial charge in [0.1, 0.15) is 17.2 Å². The predicted molar refractivity (Wildman–Crippen MR) is 117 cm³/mol. The topological polar surface area (TPSA) is 75.4 Å². The summed E-state index contributed by atoms with van der Waals surface area (Å²) in [7, 11) is 1.75. The van der Waals surface area contributed by atoms with Gasteiger partial charge in [-0.1, -0.05) is 32.0 Å². The zero-order chi connectivity index (χ0) is 21.5. The summed E-state index contributed by atoms with van der Waals surface area (Å²) in [4.78, 5) is 30.6. The quantitative estimate of drug-likeness (QED) is 0.658. The van der Waals surface area contributed by atoms with Crippen molar-refractivity contribution in [3.63, 3.8) is 0 Å². The smallest absolute Gasteiger partial charge is 0.246 e. The minimum Gasteiger partial charge on any atom is -0.459 e. The van der Waals surface area contributed by atoms with Crippen LogP contribution in [0.3, 0.4) is 0 Å². The molecule has 1 aliphatic heterocycles. The number of nitrogens with zero attached hydrogens (tertiary/aromatic N) is 2. The van der Waals surface area contributed by atoms with Crippen LogP contribution >= 0.6 is 0 Å². The van der Waals surface area contributed by atoms with E-state index >= 15 is 0 Å². The van der Waals surface area contributed by atoms with E-state index in [9.17, 15) is 9.59 Å². The molecule has 1 aliphatic rings. The molecule has 2 amide bonds. The molecule has 0 saturated heterocycles. The molecule has 1 aromatic carbocycles. The maximum absolute atomic E-state index is 12.6. The van der Waals surface area contributed by atoms with Gasteiger partial charge in [-0.15, -0.1) is 0 Å². The van der Waals surface area contributed by atoms with Gasteiger partial charge in [-0.25, -0.2) is 4.98 Å². The van der Waals surface area contributed by atoms with Crippen molar-refractivity contribution in [1.82, 2.24) is 9.88 Å².